The predicted octanol–water partition coefficient (Wildman–Crippen LogP) is 3.39. The highest BCUT2D eigenvalue weighted by Gasteiger charge is 2.08. The van der Waals surface area contributed by atoms with Crippen molar-refractivity contribution in [1.29, 1.82) is 0 Å². The smallest absolute Gasteiger partial charge is 0.255 e. The Morgan fingerprint density at radius 1 is 1.16 bits per heavy atom. The molecule has 0 fully saturated rings. The van der Waals surface area contributed by atoms with Crippen LogP contribution in [-0.4, -0.2) is 5.91 Å². The minimum absolute atomic E-state index is 0.139. The number of carbonyl (C=O) groups excluding carboxylic acids is 1. The van der Waals surface area contributed by atoms with E-state index in [-0.39, 0.29) is 5.91 Å². The van der Waals surface area contributed by atoms with E-state index in [1.807, 2.05) is 43.3 Å². The SMILES string of the molecule is CCc1ccc(C(=O)Nc2cc(C)ccc2N)cc1. The molecule has 3 heteroatoms. The van der Waals surface area contributed by atoms with E-state index in [1.54, 1.807) is 6.07 Å². The summed E-state index contributed by atoms with van der Waals surface area (Å²) in [6.07, 6.45) is 0.965. The maximum Gasteiger partial charge on any atom is 0.255 e. The third-order valence-electron chi connectivity index (χ3n) is 3.08. The zero-order chi connectivity index (χ0) is 13.8. The lowest BCUT2D eigenvalue weighted by Gasteiger charge is -2.09. The second-order valence-electron chi connectivity index (χ2n) is 4.60. The highest BCUT2D eigenvalue weighted by atomic mass is 16.1. The van der Waals surface area contributed by atoms with Crippen molar-refractivity contribution in [3.63, 3.8) is 0 Å². The van der Waals surface area contributed by atoms with E-state index in [0.29, 0.717) is 16.9 Å². The van der Waals surface area contributed by atoms with Gasteiger partial charge in [0.15, 0.2) is 0 Å². The number of nitrogen functional groups attached to an aromatic ring is 1. The summed E-state index contributed by atoms with van der Waals surface area (Å²) >= 11 is 0. The molecule has 2 aromatic carbocycles. The number of hydrogen-bond acceptors (Lipinski definition) is 2. The second-order valence-corrected chi connectivity index (χ2v) is 4.60. The molecule has 3 nitrogen and oxygen atoms in total. The zero-order valence-corrected chi connectivity index (χ0v) is 11.2. The lowest BCUT2D eigenvalue weighted by molar-refractivity contribution is 0.102. The first kappa shape index (κ1) is 13.1. The number of aryl methyl sites for hydroxylation is 2. The molecule has 19 heavy (non-hydrogen) atoms. The Morgan fingerprint density at radius 3 is 2.47 bits per heavy atom. The van der Waals surface area contributed by atoms with Crippen LogP contribution in [0, 0.1) is 6.92 Å². The van der Waals surface area contributed by atoms with Crippen molar-refractivity contribution in [2.75, 3.05) is 11.1 Å². The number of rotatable bonds is 3. The molecular formula is C16H18N2O. The Kier molecular flexibility index (Phi) is 3.85. The number of benzene rings is 2. The standard InChI is InChI=1S/C16H18N2O/c1-3-12-5-7-13(8-6-12)16(19)18-15-10-11(2)4-9-14(15)17/h4-10H,3,17H2,1-2H3,(H,18,19). The van der Waals surface area contributed by atoms with E-state index >= 15 is 0 Å². The first-order valence-electron chi connectivity index (χ1n) is 6.36. The Labute approximate surface area is 113 Å². The summed E-state index contributed by atoms with van der Waals surface area (Å²) in [6, 6.07) is 13.2. The van der Waals surface area contributed by atoms with Gasteiger partial charge in [0.1, 0.15) is 0 Å². The van der Waals surface area contributed by atoms with Crippen molar-refractivity contribution in [3.8, 4) is 0 Å². The molecule has 0 atom stereocenters. The quantitative estimate of drug-likeness (QED) is 0.825. The molecule has 0 spiro atoms. The normalized spacial score (nSPS) is 10.2. The van der Waals surface area contributed by atoms with E-state index in [0.717, 1.165) is 12.0 Å². The molecule has 0 aliphatic carbocycles. The van der Waals surface area contributed by atoms with Gasteiger partial charge < -0.3 is 11.1 Å². The summed E-state index contributed by atoms with van der Waals surface area (Å²) in [5.41, 5.74) is 9.99. The highest BCUT2D eigenvalue weighted by molar-refractivity contribution is 6.05. The lowest BCUT2D eigenvalue weighted by atomic mass is 10.1. The first-order valence-corrected chi connectivity index (χ1v) is 6.36. The van der Waals surface area contributed by atoms with Crippen LogP contribution in [0.3, 0.4) is 0 Å². The predicted molar refractivity (Wildman–Crippen MR) is 79.4 cm³/mol. The third kappa shape index (κ3) is 3.13. The molecule has 2 rings (SSSR count). The second kappa shape index (κ2) is 5.57. The molecule has 98 valence electrons. The van der Waals surface area contributed by atoms with E-state index in [4.69, 9.17) is 5.73 Å². The molecule has 0 aliphatic heterocycles. The van der Waals surface area contributed by atoms with Gasteiger partial charge in [0.05, 0.1) is 11.4 Å². The van der Waals surface area contributed by atoms with Crippen LogP contribution in [0.15, 0.2) is 42.5 Å². The van der Waals surface area contributed by atoms with Crippen LogP contribution in [0.25, 0.3) is 0 Å². The van der Waals surface area contributed by atoms with E-state index in [9.17, 15) is 4.79 Å². The molecule has 0 aliphatic rings. The van der Waals surface area contributed by atoms with Gasteiger partial charge in [-0.25, -0.2) is 0 Å². The van der Waals surface area contributed by atoms with Crippen LogP contribution in [0.4, 0.5) is 11.4 Å². The van der Waals surface area contributed by atoms with Crippen LogP contribution in [0.5, 0.6) is 0 Å². The van der Waals surface area contributed by atoms with Crippen LogP contribution in [-0.2, 0) is 6.42 Å². The van der Waals surface area contributed by atoms with Gasteiger partial charge in [-0.05, 0) is 48.7 Å². The van der Waals surface area contributed by atoms with Gasteiger partial charge in [-0.1, -0.05) is 25.1 Å². The molecule has 0 saturated heterocycles. The Balaban J connectivity index is 2.18. The van der Waals surface area contributed by atoms with Crippen LogP contribution >= 0.6 is 0 Å². The van der Waals surface area contributed by atoms with Gasteiger partial charge in [0.25, 0.3) is 5.91 Å². The summed E-state index contributed by atoms with van der Waals surface area (Å²) in [7, 11) is 0. The number of anilines is 2. The Morgan fingerprint density at radius 2 is 1.84 bits per heavy atom. The van der Waals surface area contributed by atoms with Crippen molar-refractivity contribution < 1.29 is 4.79 Å². The monoisotopic (exact) mass is 254 g/mol. The summed E-state index contributed by atoms with van der Waals surface area (Å²) in [5.74, 6) is -0.139. The molecule has 0 aromatic heterocycles. The number of carbonyl (C=O) groups is 1. The summed E-state index contributed by atoms with van der Waals surface area (Å²) < 4.78 is 0. The fourth-order valence-corrected chi connectivity index (χ4v) is 1.86. The molecular weight excluding hydrogens is 236 g/mol. The maximum atomic E-state index is 12.1. The first-order chi connectivity index (χ1) is 9.10. The Bertz CT molecular complexity index is 588. The van der Waals surface area contributed by atoms with Gasteiger partial charge >= 0.3 is 0 Å². The molecule has 0 bridgehead atoms. The topological polar surface area (TPSA) is 55.1 Å². The van der Waals surface area contributed by atoms with Crippen molar-refractivity contribution >= 4 is 17.3 Å². The number of nitrogens with two attached hydrogens (primary N) is 1. The highest BCUT2D eigenvalue weighted by Crippen LogP contribution is 2.20. The van der Waals surface area contributed by atoms with E-state index < -0.39 is 0 Å². The Hall–Kier alpha value is -2.29. The molecule has 0 heterocycles. The van der Waals surface area contributed by atoms with Crippen molar-refractivity contribution in [1.82, 2.24) is 0 Å². The maximum absolute atomic E-state index is 12.1. The van der Waals surface area contributed by atoms with Crippen molar-refractivity contribution in [3.05, 3.63) is 59.2 Å². The van der Waals surface area contributed by atoms with Crippen LogP contribution in [0.2, 0.25) is 0 Å². The molecule has 1 amide bonds. The number of nitrogens with one attached hydrogen (secondary N) is 1. The molecule has 3 N–H and O–H groups in total. The summed E-state index contributed by atoms with van der Waals surface area (Å²) in [6.45, 7) is 4.05. The zero-order valence-electron chi connectivity index (χ0n) is 11.2. The lowest BCUT2D eigenvalue weighted by Crippen LogP contribution is -2.13. The summed E-state index contributed by atoms with van der Waals surface area (Å²) in [4.78, 5) is 12.1. The fraction of sp³-hybridized carbons (Fsp3) is 0.188. The van der Waals surface area contributed by atoms with Gasteiger partial charge in [-0.2, -0.15) is 0 Å². The summed E-state index contributed by atoms with van der Waals surface area (Å²) in [5, 5.41) is 2.84. The van der Waals surface area contributed by atoms with Gasteiger partial charge in [-0.3, -0.25) is 4.79 Å². The molecule has 0 unspecified atom stereocenters. The van der Waals surface area contributed by atoms with Crippen molar-refractivity contribution in [2.45, 2.75) is 20.3 Å². The van der Waals surface area contributed by atoms with Gasteiger partial charge in [-0.15, -0.1) is 0 Å². The van der Waals surface area contributed by atoms with Crippen LogP contribution < -0.4 is 11.1 Å². The minimum atomic E-state index is -0.139. The van der Waals surface area contributed by atoms with Gasteiger partial charge in [0, 0.05) is 5.56 Å². The largest absolute Gasteiger partial charge is 0.397 e. The molecule has 2 aromatic rings. The fourth-order valence-electron chi connectivity index (χ4n) is 1.86. The minimum Gasteiger partial charge on any atom is -0.397 e. The molecule has 0 radical (unpaired) electrons. The van der Waals surface area contributed by atoms with E-state index in [2.05, 4.69) is 12.2 Å². The third-order valence-corrected chi connectivity index (χ3v) is 3.08. The van der Waals surface area contributed by atoms with E-state index in [1.165, 1.54) is 5.56 Å². The van der Waals surface area contributed by atoms with Crippen LogP contribution in [0.1, 0.15) is 28.4 Å². The average Bonchev–Trinajstić information content (AvgIpc) is 2.43. The number of amides is 1. The average molecular weight is 254 g/mol. The number of hydrogen-bond donors (Lipinski definition) is 2. The molecule has 0 saturated carbocycles. The van der Waals surface area contributed by atoms with Gasteiger partial charge in [0.2, 0.25) is 0 Å². The van der Waals surface area contributed by atoms with Crippen molar-refractivity contribution in [2.24, 2.45) is 0 Å².